The first-order chi connectivity index (χ1) is 11.5. The highest BCUT2D eigenvalue weighted by Gasteiger charge is 2.26. The molecule has 0 unspecified atom stereocenters. The summed E-state index contributed by atoms with van der Waals surface area (Å²) < 4.78 is 34.9. The minimum Gasteiger partial charge on any atom is -0.433 e. The van der Waals surface area contributed by atoms with Gasteiger partial charge in [-0.25, -0.2) is 0 Å². The average Bonchev–Trinajstić information content (AvgIpc) is 2.95. The van der Waals surface area contributed by atoms with Gasteiger partial charge in [-0.3, -0.25) is 4.79 Å². The van der Waals surface area contributed by atoms with E-state index in [1.54, 1.807) is 18.2 Å². The van der Waals surface area contributed by atoms with Crippen LogP contribution in [0.25, 0.3) is 0 Å². The molecule has 1 aliphatic rings. The van der Waals surface area contributed by atoms with Crippen molar-refractivity contribution in [3.8, 4) is 5.75 Å². The van der Waals surface area contributed by atoms with Gasteiger partial charge in [-0.2, -0.15) is 8.78 Å². The van der Waals surface area contributed by atoms with Gasteiger partial charge < -0.3 is 19.7 Å². The van der Waals surface area contributed by atoms with Gasteiger partial charge in [-0.15, -0.1) is 0 Å². The predicted molar refractivity (Wildman–Crippen MR) is 87.5 cm³/mol. The monoisotopic (exact) mass is 342 g/mol. The number of rotatable bonds is 8. The molecule has 1 heterocycles. The van der Waals surface area contributed by atoms with Crippen molar-refractivity contribution in [2.75, 3.05) is 24.6 Å². The first kappa shape index (κ1) is 18.4. The van der Waals surface area contributed by atoms with Crippen LogP contribution in [0, 0.1) is 0 Å². The van der Waals surface area contributed by atoms with Gasteiger partial charge >= 0.3 is 6.61 Å². The maximum atomic E-state index is 12.5. The molecular weight excluding hydrogens is 318 g/mol. The molecule has 24 heavy (non-hydrogen) atoms. The third-order valence-electron chi connectivity index (χ3n) is 3.76. The van der Waals surface area contributed by atoms with Crippen molar-refractivity contribution in [1.29, 1.82) is 0 Å². The van der Waals surface area contributed by atoms with Crippen molar-refractivity contribution in [2.45, 2.75) is 45.4 Å². The van der Waals surface area contributed by atoms with E-state index in [1.807, 2.05) is 18.7 Å². The van der Waals surface area contributed by atoms with Crippen molar-refractivity contribution in [2.24, 2.45) is 0 Å². The first-order valence-corrected chi connectivity index (χ1v) is 8.15. The van der Waals surface area contributed by atoms with Crippen LogP contribution in [0.1, 0.15) is 26.7 Å². The lowest BCUT2D eigenvalue weighted by atomic mass is 10.2. The van der Waals surface area contributed by atoms with Gasteiger partial charge in [0.25, 0.3) is 0 Å². The maximum absolute atomic E-state index is 12.5. The Labute approximate surface area is 140 Å². The van der Waals surface area contributed by atoms with Gasteiger partial charge in [0.2, 0.25) is 5.91 Å². The predicted octanol–water partition coefficient (Wildman–Crippen LogP) is 2.80. The fourth-order valence-electron chi connectivity index (χ4n) is 2.70. The molecule has 1 atom stereocenters. The zero-order valence-corrected chi connectivity index (χ0v) is 14.0. The van der Waals surface area contributed by atoms with Crippen LogP contribution >= 0.6 is 0 Å². The summed E-state index contributed by atoms with van der Waals surface area (Å²) in [5, 5.41) is 2.96. The number of carbonyl (C=O) groups excluding carboxylic acids is 1. The summed E-state index contributed by atoms with van der Waals surface area (Å²) in [5.41, 5.74) is 0.623. The molecule has 1 aliphatic heterocycles. The molecule has 1 saturated heterocycles. The second-order valence-electron chi connectivity index (χ2n) is 6.01. The molecule has 5 nitrogen and oxygen atoms in total. The Morgan fingerprint density at radius 2 is 2.12 bits per heavy atom. The van der Waals surface area contributed by atoms with E-state index in [-0.39, 0.29) is 23.8 Å². The molecule has 7 heteroatoms. The van der Waals surface area contributed by atoms with Crippen LogP contribution in [0.15, 0.2) is 24.3 Å². The standard InChI is InChI=1S/C17H24F2N2O3/c1-12(2)23-10-8-16(22)20-13-7-9-21(11-13)14-5-3-4-6-15(14)24-17(18)19/h3-6,12-13,17H,7-11H2,1-2H3,(H,20,22)/t13-/m0/s1. The van der Waals surface area contributed by atoms with Crippen molar-refractivity contribution in [3.63, 3.8) is 0 Å². The summed E-state index contributed by atoms with van der Waals surface area (Å²) in [6.45, 7) is 2.63. The zero-order valence-electron chi connectivity index (χ0n) is 14.0. The number of amides is 1. The van der Waals surface area contributed by atoms with E-state index in [0.29, 0.717) is 31.8 Å². The summed E-state index contributed by atoms with van der Waals surface area (Å²) in [7, 11) is 0. The van der Waals surface area contributed by atoms with Gasteiger partial charge in [0.1, 0.15) is 5.75 Å². The smallest absolute Gasteiger partial charge is 0.387 e. The van der Waals surface area contributed by atoms with Crippen LogP contribution in [0.4, 0.5) is 14.5 Å². The van der Waals surface area contributed by atoms with Crippen molar-refractivity contribution < 1.29 is 23.0 Å². The van der Waals surface area contributed by atoms with Crippen LogP contribution in [0.2, 0.25) is 0 Å². The topological polar surface area (TPSA) is 50.8 Å². The summed E-state index contributed by atoms with van der Waals surface area (Å²) in [6.07, 6.45) is 1.19. The molecule has 134 valence electrons. The highest BCUT2D eigenvalue weighted by atomic mass is 19.3. The number of hydrogen-bond donors (Lipinski definition) is 1. The molecule has 0 aromatic heterocycles. The van der Waals surface area contributed by atoms with Gasteiger partial charge in [0, 0.05) is 25.6 Å². The second-order valence-corrected chi connectivity index (χ2v) is 6.01. The number of carbonyl (C=O) groups is 1. The Hall–Kier alpha value is -1.89. The SMILES string of the molecule is CC(C)OCCC(=O)N[C@H]1CCN(c2ccccc2OC(F)F)C1. The normalized spacial score (nSPS) is 17.6. The lowest BCUT2D eigenvalue weighted by molar-refractivity contribution is -0.123. The first-order valence-electron chi connectivity index (χ1n) is 8.15. The molecule has 1 aromatic carbocycles. The maximum Gasteiger partial charge on any atom is 0.387 e. The number of ether oxygens (including phenoxy) is 2. The molecule has 0 saturated carbocycles. The Balaban J connectivity index is 1.86. The number of halogens is 2. The molecular formula is C17H24F2N2O3. The van der Waals surface area contributed by atoms with E-state index in [0.717, 1.165) is 6.42 Å². The number of nitrogens with zero attached hydrogens (tertiary/aromatic N) is 1. The molecule has 1 amide bonds. The molecule has 0 spiro atoms. The lowest BCUT2D eigenvalue weighted by Crippen LogP contribution is -2.37. The summed E-state index contributed by atoms with van der Waals surface area (Å²) in [5.74, 6) is 0.101. The third kappa shape index (κ3) is 5.63. The van der Waals surface area contributed by atoms with Gasteiger partial charge in [-0.05, 0) is 32.4 Å². The van der Waals surface area contributed by atoms with Crippen molar-refractivity contribution >= 4 is 11.6 Å². The van der Waals surface area contributed by atoms with Crippen molar-refractivity contribution in [3.05, 3.63) is 24.3 Å². The van der Waals surface area contributed by atoms with Gasteiger partial charge in [0.15, 0.2) is 0 Å². The fourth-order valence-corrected chi connectivity index (χ4v) is 2.70. The number of nitrogens with one attached hydrogen (secondary N) is 1. The van der Waals surface area contributed by atoms with Crippen LogP contribution in [-0.2, 0) is 9.53 Å². The van der Waals surface area contributed by atoms with Crippen LogP contribution in [-0.4, -0.2) is 44.4 Å². The minimum atomic E-state index is -2.86. The molecule has 1 aromatic rings. The van der Waals surface area contributed by atoms with E-state index < -0.39 is 6.61 Å². The van der Waals surface area contributed by atoms with Crippen LogP contribution in [0.5, 0.6) is 5.75 Å². The van der Waals surface area contributed by atoms with Crippen LogP contribution in [0.3, 0.4) is 0 Å². The van der Waals surface area contributed by atoms with E-state index in [2.05, 4.69) is 10.1 Å². The van der Waals surface area contributed by atoms with Gasteiger partial charge in [-0.1, -0.05) is 12.1 Å². The number of hydrogen-bond acceptors (Lipinski definition) is 4. The van der Waals surface area contributed by atoms with E-state index in [4.69, 9.17) is 4.74 Å². The summed E-state index contributed by atoms with van der Waals surface area (Å²) in [4.78, 5) is 13.9. The number of benzene rings is 1. The molecule has 2 rings (SSSR count). The van der Waals surface area contributed by atoms with E-state index >= 15 is 0 Å². The highest BCUT2D eigenvalue weighted by molar-refractivity contribution is 5.76. The second kappa shape index (κ2) is 8.82. The average molecular weight is 342 g/mol. The summed E-state index contributed by atoms with van der Waals surface area (Å²) >= 11 is 0. The Morgan fingerprint density at radius 1 is 1.38 bits per heavy atom. The fraction of sp³-hybridized carbons (Fsp3) is 0.588. The molecule has 1 N–H and O–H groups in total. The molecule has 0 bridgehead atoms. The van der Waals surface area contributed by atoms with Crippen LogP contribution < -0.4 is 15.0 Å². The largest absolute Gasteiger partial charge is 0.433 e. The van der Waals surface area contributed by atoms with E-state index in [9.17, 15) is 13.6 Å². The summed E-state index contributed by atoms with van der Waals surface area (Å²) in [6, 6.07) is 6.71. The van der Waals surface area contributed by atoms with Gasteiger partial charge in [0.05, 0.1) is 18.4 Å². The molecule has 0 aliphatic carbocycles. The third-order valence-corrected chi connectivity index (χ3v) is 3.76. The van der Waals surface area contributed by atoms with E-state index in [1.165, 1.54) is 6.07 Å². The van der Waals surface area contributed by atoms with Crippen molar-refractivity contribution in [1.82, 2.24) is 5.32 Å². The number of anilines is 1. The quantitative estimate of drug-likeness (QED) is 0.789. The minimum absolute atomic E-state index is 0.00356. The molecule has 0 radical (unpaired) electrons. The highest BCUT2D eigenvalue weighted by Crippen LogP contribution is 2.31. The Kier molecular flexibility index (Phi) is 6.78. The number of para-hydroxylation sites is 2. The lowest BCUT2D eigenvalue weighted by Gasteiger charge is -2.22. The Morgan fingerprint density at radius 3 is 2.83 bits per heavy atom. The molecule has 1 fully saturated rings. The zero-order chi connectivity index (χ0) is 17.5. The number of alkyl halides is 2. The Bertz CT molecular complexity index is 540.